The maximum atomic E-state index is 5.57. The van der Waals surface area contributed by atoms with Gasteiger partial charge in [0.15, 0.2) is 11.5 Å². The summed E-state index contributed by atoms with van der Waals surface area (Å²) < 4.78 is 16.3. The molecule has 0 unspecified atom stereocenters. The van der Waals surface area contributed by atoms with Gasteiger partial charge in [0.25, 0.3) is 0 Å². The SMILES string of the molecule is Cc1c(-c2ccc3c(c2)OCO3)noc1[Si](C)(C)C. The van der Waals surface area contributed by atoms with Gasteiger partial charge in [0.05, 0.1) is 0 Å². The van der Waals surface area contributed by atoms with Crippen LogP contribution in [0.3, 0.4) is 0 Å². The van der Waals surface area contributed by atoms with Crippen LogP contribution in [-0.2, 0) is 0 Å². The molecule has 0 saturated carbocycles. The lowest BCUT2D eigenvalue weighted by molar-refractivity contribution is 0.174. The zero-order valence-corrected chi connectivity index (χ0v) is 12.6. The Morgan fingerprint density at radius 2 is 1.84 bits per heavy atom. The Labute approximate surface area is 113 Å². The molecule has 0 aliphatic carbocycles. The lowest BCUT2D eigenvalue weighted by Gasteiger charge is -2.11. The van der Waals surface area contributed by atoms with Gasteiger partial charge in [-0.25, -0.2) is 0 Å². The van der Waals surface area contributed by atoms with Gasteiger partial charge in [-0.05, 0) is 25.1 Å². The molecule has 2 aromatic rings. The van der Waals surface area contributed by atoms with Crippen molar-refractivity contribution in [3.63, 3.8) is 0 Å². The molecule has 0 radical (unpaired) electrons. The first-order valence-electron chi connectivity index (χ1n) is 6.33. The highest BCUT2D eigenvalue weighted by atomic mass is 28.3. The van der Waals surface area contributed by atoms with Crippen molar-refractivity contribution in [1.82, 2.24) is 5.16 Å². The monoisotopic (exact) mass is 275 g/mol. The average Bonchev–Trinajstić information content (AvgIpc) is 2.92. The fourth-order valence-corrected chi connectivity index (χ4v) is 3.91. The molecule has 1 aliphatic heterocycles. The number of hydrogen-bond acceptors (Lipinski definition) is 4. The van der Waals surface area contributed by atoms with Crippen molar-refractivity contribution in [3.05, 3.63) is 23.8 Å². The van der Waals surface area contributed by atoms with Crippen LogP contribution in [0.15, 0.2) is 22.7 Å². The molecule has 100 valence electrons. The quantitative estimate of drug-likeness (QED) is 0.790. The van der Waals surface area contributed by atoms with E-state index in [-0.39, 0.29) is 6.79 Å². The first kappa shape index (κ1) is 12.3. The van der Waals surface area contributed by atoms with Crippen molar-refractivity contribution in [2.75, 3.05) is 6.79 Å². The number of ether oxygens (including phenoxy) is 2. The molecule has 0 atom stereocenters. The van der Waals surface area contributed by atoms with E-state index in [2.05, 4.69) is 31.7 Å². The molecular weight excluding hydrogens is 258 g/mol. The first-order chi connectivity index (χ1) is 8.97. The van der Waals surface area contributed by atoms with Gasteiger partial charge in [0.1, 0.15) is 19.2 Å². The summed E-state index contributed by atoms with van der Waals surface area (Å²) >= 11 is 0. The minimum Gasteiger partial charge on any atom is -0.454 e. The normalized spacial score (nSPS) is 13.9. The van der Waals surface area contributed by atoms with Crippen LogP contribution >= 0.6 is 0 Å². The van der Waals surface area contributed by atoms with Crippen molar-refractivity contribution in [3.8, 4) is 22.8 Å². The van der Waals surface area contributed by atoms with E-state index in [4.69, 9.17) is 14.0 Å². The third-order valence-corrected chi connectivity index (χ3v) is 5.08. The van der Waals surface area contributed by atoms with Gasteiger partial charge in [0, 0.05) is 11.1 Å². The van der Waals surface area contributed by atoms with Gasteiger partial charge in [-0.15, -0.1) is 0 Å². The topological polar surface area (TPSA) is 44.5 Å². The van der Waals surface area contributed by atoms with Crippen LogP contribution in [0.1, 0.15) is 5.56 Å². The van der Waals surface area contributed by atoms with Crippen molar-refractivity contribution in [2.24, 2.45) is 0 Å². The van der Waals surface area contributed by atoms with Crippen LogP contribution < -0.4 is 14.9 Å². The van der Waals surface area contributed by atoms with Crippen LogP contribution in [0, 0.1) is 6.92 Å². The first-order valence-corrected chi connectivity index (χ1v) is 9.83. The Bertz CT molecular complexity index is 628. The summed E-state index contributed by atoms with van der Waals surface area (Å²) in [5.74, 6) is 1.56. The lowest BCUT2D eigenvalue weighted by atomic mass is 10.1. The Hall–Kier alpha value is -1.75. The van der Waals surface area contributed by atoms with E-state index >= 15 is 0 Å². The summed E-state index contributed by atoms with van der Waals surface area (Å²) in [7, 11) is -1.50. The highest BCUT2D eigenvalue weighted by Crippen LogP contribution is 2.36. The summed E-state index contributed by atoms with van der Waals surface area (Å²) in [6, 6.07) is 5.87. The van der Waals surface area contributed by atoms with Crippen molar-refractivity contribution >= 4 is 13.5 Å². The lowest BCUT2D eigenvalue weighted by Crippen LogP contribution is -2.38. The van der Waals surface area contributed by atoms with E-state index in [1.54, 1.807) is 0 Å². The van der Waals surface area contributed by atoms with Gasteiger partial charge in [-0.2, -0.15) is 0 Å². The Morgan fingerprint density at radius 3 is 2.53 bits per heavy atom. The molecule has 1 aromatic carbocycles. The predicted octanol–water partition coefficient (Wildman–Crippen LogP) is 2.92. The molecule has 0 N–H and O–H groups in total. The summed E-state index contributed by atoms with van der Waals surface area (Å²) in [5.41, 5.74) is 3.05. The number of rotatable bonds is 2. The number of hydrogen-bond donors (Lipinski definition) is 0. The largest absolute Gasteiger partial charge is 0.454 e. The maximum absolute atomic E-state index is 5.57. The van der Waals surface area contributed by atoms with Crippen LogP contribution in [0.25, 0.3) is 11.3 Å². The van der Waals surface area contributed by atoms with Crippen molar-refractivity contribution in [1.29, 1.82) is 0 Å². The summed E-state index contributed by atoms with van der Waals surface area (Å²) in [4.78, 5) is 0. The van der Waals surface area contributed by atoms with E-state index in [1.807, 2.05) is 18.2 Å². The van der Waals surface area contributed by atoms with E-state index in [9.17, 15) is 0 Å². The van der Waals surface area contributed by atoms with Gasteiger partial charge in [-0.1, -0.05) is 24.8 Å². The minimum atomic E-state index is -1.50. The molecule has 0 saturated heterocycles. The zero-order chi connectivity index (χ0) is 13.6. The predicted molar refractivity (Wildman–Crippen MR) is 75.8 cm³/mol. The zero-order valence-electron chi connectivity index (χ0n) is 11.6. The molecule has 0 spiro atoms. The third kappa shape index (κ3) is 2.04. The summed E-state index contributed by atoms with van der Waals surface area (Å²) in [6.45, 7) is 9.12. The second kappa shape index (κ2) is 4.13. The van der Waals surface area contributed by atoms with Crippen molar-refractivity contribution < 1.29 is 14.0 Å². The van der Waals surface area contributed by atoms with E-state index < -0.39 is 8.07 Å². The molecule has 1 aliphatic rings. The second-order valence-electron chi connectivity index (χ2n) is 5.80. The molecule has 4 nitrogen and oxygen atoms in total. The second-order valence-corrected chi connectivity index (χ2v) is 10.8. The molecule has 3 rings (SSSR count). The van der Waals surface area contributed by atoms with Crippen LogP contribution in [0.5, 0.6) is 11.5 Å². The molecule has 0 fully saturated rings. The van der Waals surface area contributed by atoms with E-state index in [0.29, 0.717) is 0 Å². The Morgan fingerprint density at radius 1 is 1.11 bits per heavy atom. The summed E-state index contributed by atoms with van der Waals surface area (Å²) in [6.07, 6.45) is 0. The smallest absolute Gasteiger partial charge is 0.231 e. The fraction of sp³-hybridized carbons (Fsp3) is 0.357. The van der Waals surface area contributed by atoms with Gasteiger partial charge >= 0.3 is 0 Å². The van der Waals surface area contributed by atoms with Crippen LogP contribution in [0.4, 0.5) is 0 Å². The van der Waals surface area contributed by atoms with Gasteiger partial charge in [0.2, 0.25) is 6.79 Å². The van der Waals surface area contributed by atoms with Crippen molar-refractivity contribution in [2.45, 2.75) is 26.6 Å². The molecular formula is C14H17NO3Si. The third-order valence-electron chi connectivity index (χ3n) is 3.25. The minimum absolute atomic E-state index is 0.288. The highest BCUT2D eigenvalue weighted by Gasteiger charge is 2.27. The number of nitrogens with zero attached hydrogens (tertiary/aromatic N) is 1. The van der Waals surface area contributed by atoms with Crippen LogP contribution in [-0.4, -0.2) is 20.0 Å². The molecule has 19 heavy (non-hydrogen) atoms. The number of fused-ring (bicyclic) bond motifs is 1. The summed E-state index contributed by atoms with van der Waals surface area (Å²) in [5, 5.41) is 5.30. The van der Waals surface area contributed by atoms with E-state index in [1.165, 1.54) is 0 Å². The Balaban J connectivity index is 2.06. The Kier molecular flexibility index (Phi) is 2.67. The standard InChI is InChI=1S/C14H17NO3Si/c1-9-13(15-18-14(9)19(2,3)4)10-5-6-11-12(7-10)17-8-16-11/h5-7H,8H2,1-4H3. The fourth-order valence-electron chi connectivity index (χ4n) is 2.35. The molecule has 0 bridgehead atoms. The molecule has 1 aromatic heterocycles. The van der Waals surface area contributed by atoms with Gasteiger partial charge < -0.3 is 14.0 Å². The van der Waals surface area contributed by atoms with E-state index in [0.717, 1.165) is 33.7 Å². The van der Waals surface area contributed by atoms with Crippen LogP contribution in [0.2, 0.25) is 19.6 Å². The molecule has 0 amide bonds. The molecule has 2 heterocycles. The average molecular weight is 275 g/mol. The number of benzene rings is 1. The van der Waals surface area contributed by atoms with Gasteiger partial charge in [-0.3, -0.25) is 0 Å². The maximum Gasteiger partial charge on any atom is 0.231 e. The number of aromatic nitrogens is 1. The highest BCUT2D eigenvalue weighted by molar-refractivity contribution is 6.88. The molecule has 5 heteroatoms.